The SMILES string of the molecule is CC1COOC1c1ccccc1. The van der Waals surface area contributed by atoms with Crippen molar-refractivity contribution in [1.82, 2.24) is 0 Å². The van der Waals surface area contributed by atoms with E-state index in [2.05, 4.69) is 19.1 Å². The molecule has 2 atom stereocenters. The third-order valence-corrected chi connectivity index (χ3v) is 2.15. The summed E-state index contributed by atoms with van der Waals surface area (Å²) in [5.74, 6) is 0.451. The maximum Gasteiger partial charge on any atom is 0.123 e. The Hall–Kier alpha value is -0.860. The Morgan fingerprint density at radius 2 is 2.00 bits per heavy atom. The molecule has 2 unspecified atom stereocenters. The Kier molecular flexibility index (Phi) is 2.11. The second-order valence-corrected chi connectivity index (χ2v) is 3.19. The highest BCUT2D eigenvalue weighted by atomic mass is 17.2. The summed E-state index contributed by atoms with van der Waals surface area (Å²) in [4.78, 5) is 10.1. The molecule has 64 valence electrons. The summed E-state index contributed by atoms with van der Waals surface area (Å²) < 4.78 is 0. The second-order valence-electron chi connectivity index (χ2n) is 3.19. The minimum Gasteiger partial charge on any atom is -0.236 e. The van der Waals surface area contributed by atoms with Crippen molar-refractivity contribution in [3.63, 3.8) is 0 Å². The summed E-state index contributed by atoms with van der Waals surface area (Å²) in [7, 11) is 0. The van der Waals surface area contributed by atoms with Gasteiger partial charge >= 0.3 is 0 Å². The van der Waals surface area contributed by atoms with Gasteiger partial charge in [-0.15, -0.1) is 0 Å². The van der Waals surface area contributed by atoms with E-state index in [4.69, 9.17) is 9.78 Å². The number of benzene rings is 1. The van der Waals surface area contributed by atoms with Crippen LogP contribution in [0.5, 0.6) is 0 Å². The molecule has 2 heteroatoms. The first-order valence-corrected chi connectivity index (χ1v) is 4.21. The van der Waals surface area contributed by atoms with Crippen LogP contribution in [0.4, 0.5) is 0 Å². The normalized spacial score (nSPS) is 29.1. The predicted octanol–water partition coefficient (Wildman–Crippen LogP) is 2.33. The smallest absolute Gasteiger partial charge is 0.123 e. The first-order chi connectivity index (χ1) is 5.88. The molecule has 1 aromatic carbocycles. The molecule has 1 fully saturated rings. The van der Waals surface area contributed by atoms with Crippen molar-refractivity contribution in [1.29, 1.82) is 0 Å². The number of hydrogen-bond donors (Lipinski definition) is 0. The molecular formula is C10H12O2. The first kappa shape index (κ1) is 7.77. The third kappa shape index (κ3) is 1.36. The minimum atomic E-state index is 0.117. The van der Waals surface area contributed by atoms with Crippen LogP contribution < -0.4 is 0 Å². The van der Waals surface area contributed by atoms with Crippen molar-refractivity contribution in [3.05, 3.63) is 35.9 Å². The molecule has 1 aromatic rings. The molecule has 0 N–H and O–H groups in total. The van der Waals surface area contributed by atoms with Crippen molar-refractivity contribution in [3.8, 4) is 0 Å². The van der Waals surface area contributed by atoms with Gasteiger partial charge in [-0.3, -0.25) is 0 Å². The van der Waals surface area contributed by atoms with Crippen molar-refractivity contribution < 1.29 is 9.78 Å². The summed E-state index contributed by atoms with van der Waals surface area (Å²) in [5.41, 5.74) is 1.20. The van der Waals surface area contributed by atoms with Crippen LogP contribution in [0.1, 0.15) is 18.6 Å². The van der Waals surface area contributed by atoms with Gasteiger partial charge in [0.05, 0.1) is 6.61 Å². The van der Waals surface area contributed by atoms with Crippen molar-refractivity contribution in [2.45, 2.75) is 13.0 Å². The van der Waals surface area contributed by atoms with Crippen LogP contribution >= 0.6 is 0 Å². The largest absolute Gasteiger partial charge is 0.236 e. The number of rotatable bonds is 1. The zero-order chi connectivity index (χ0) is 8.39. The van der Waals surface area contributed by atoms with Gasteiger partial charge in [-0.25, -0.2) is 9.78 Å². The standard InChI is InChI=1S/C10H12O2/c1-8-7-11-12-10(8)9-5-3-2-4-6-9/h2-6,8,10H,7H2,1H3. The highest BCUT2D eigenvalue weighted by Gasteiger charge is 2.27. The van der Waals surface area contributed by atoms with Gasteiger partial charge in [0.1, 0.15) is 6.10 Å². The zero-order valence-electron chi connectivity index (χ0n) is 7.07. The Labute approximate surface area is 72.0 Å². The molecule has 0 saturated carbocycles. The summed E-state index contributed by atoms with van der Waals surface area (Å²) >= 11 is 0. The molecule has 1 aliphatic rings. The molecule has 1 heterocycles. The number of hydrogen-bond acceptors (Lipinski definition) is 2. The van der Waals surface area contributed by atoms with Gasteiger partial charge in [0.15, 0.2) is 0 Å². The fraction of sp³-hybridized carbons (Fsp3) is 0.400. The van der Waals surface area contributed by atoms with Crippen LogP contribution in [0.3, 0.4) is 0 Å². The molecule has 0 aliphatic carbocycles. The molecule has 12 heavy (non-hydrogen) atoms. The fourth-order valence-electron chi connectivity index (χ4n) is 1.43. The molecule has 0 bridgehead atoms. The van der Waals surface area contributed by atoms with E-state index in [1.807, 2.05) is 18.2 Å². The summed E-state index contributed by atoms with van der Waals surface area (Å²) in [6, 6.07) is 10.2. The Morgan fingerprint density at radius 1 is 1.25 bits per heavy atom. The lowest BCUT2D eigenvalue weighted by Gasteiger charge is -2.10. The van der Waals surface area contributed by atoms with E-state index < -0.39 is 0 Å². The topological polar surface area (TPSA) is 18.5 Å². The van der Waals surface area contributed by atoms with E-state index in [0.29, 0.717) is 12.5 Å². The molecule has 0 aromatic heterocycles. The maximum absolute atomic E-state index is 5.15. The van der Waals surface area contributed by atoms with Crippen LogP contribution in [-0.2, 0) is 9.78 Å². The molecule has 1 aliphatic heterocycles. The van der Waals surface area contributed by atoms with Crippen molar-refractivity contribution >= 4 is 0 Å². The zero-order valence-corrected chi connectivity index (χ0v) is 7.07. The van der Waals surface area contributed by atoms with E-state index in [0.717, 1.165) is 0 Å². The molecule has 0 spiro atoms. The molecular weight excluding hydrogens is 152 g/mol. The Balaban J connectivity index is 2.19. The van der Waals surface area contributed by atoms with E-state index >= 15 is 0 Å². The van der Waals surface area contributed by atoms with Crippen molar-refractivity contribution in [2.75, 3.05) is 6.61 Å². The van der Waals surface area contributed by atoms with E-state index in [1.165, 1.54) is 5.56 Å². The Bertz CT molecular complexity index is 245. The molecule has 1 saturated heterocycles. The lowest BCUT2D eigenvalue weighted by Crippen LogP contribution is -2.04. The highest BCUT2D eigenvalue weighted by molar-refractivity contribution is 5.18. The molecule has 2 rings (SSSR count). The maximum atomic E-state index is 5.15. The van der Waals surface area contributed by atoms with Gasteiger partial charge in [0, 0.05) is 5.92 Å². The second kappa shape index (κ2) is 3.25. The quantitative estimate of drug-likeness (QED) is 0.593. The lowest BCUT2D eigenvalue weighted by molar-refractivity contribution is -0.277. The average Bonchev–Trinajstić information content (AvgIpc) is 2.53. The van der Waals surface area contributed by atoms with Gasteiger partial charge in [0.2, 0.25) is 0 Å². The first-order valence-electron chi connectivity index (χ1n) is 4.21. The monoisotopic (exact) mass is 164 g/mol. The average molecular weight is 164 g/mol. The van der Waals surface area contributed by atoms with Gasteiger partial charge in [-0.05, 0) is 5.56 Å². The van der Waals surface area contributed by atoms with E-state index in [9.17, 15) is 0 Å². The molecule has 0 amide bonds. The minimum absolute atomic E-state index is 0.117. The summed E-state index contributed by atoms with van der Waals surface area (Å²) in [6.45, 7) is 2.82. The van der Waals surface area contributed by atoms with Crippen LogP contribution in [-0.4, -0.2) is 6.61 Å². The van der Waals surface area contributed by atoms with Crippen LogP contribution in [0.25, 0.3) is 0 Å². The van der Waals surface area contributed by atoms with Crippen LogP contribution in [0.2, 0.25) is 0 Å². The van der Waals surface area contributed by atoms with Gasteiger partial charge in [-0.1, -0.05) is 37.3 Å². The summed E-state index contributed by atoms with van der Waals surface area (Å²) in [5, 5.41) is 0. The summed E-state index contributed by atoms with van der Waals surface area (Å²) in [6.07, 6.45) is 0.117. The third-order valence-electron chi connectivity index (χ3n) is 2.15. The van der Waals surface area contributed by atoms with Gasteiger partial charge < -0.3 is 0 Å². The van der Waals surface area contributed by atoms with Gasteiger partial charge in [-0.2, -0.15) is 0 Å². The predicted molar refractivity (Wildman–Crippen MR) is 45.4 cm³/mol. The Morgan fingerprint density at radius 3 is 2.58 bits per heavy atom. The van der Waals surface area contributed by atoms with Crippen molar-refractivity contribution in [2.24, 2.45) is 5.92 Å². The van der Waals surface area contributed by atoms with Gasteiger partial charge in [0.25, 0.3) is 0 Å². The molecule has 2 nitrogen and oxygen atoms in total. The van der Waals surface area contributed by atoms with Crippen LogP contribution in [0, 0.1) is 5.92 Å². The van der Waals surface area contributed by atoms with E-state index in [-0.39, 0.29) is 6.10 Å². The lowest BCUT2D eigenvalue weighted by atomic mass is 9.99. The highest BCUT2D eigenvalue weighted by Crippen LogP contribution is 2.31. The van der Waals surface area contributed by atoms with Crippen LogP contribution in [0.15, 0.2) is 30.3 Å². The molecule has 0 radical (unpaired) electrons. The van der Waals surface area contributed by atoms with E-state index in [1.54, 1.807) is 0 Å². The fourth-order valence-corrected chi connectivity index (χ4v) is 1.43.